The Morgan fingerprint density at radius 1 is 0.679 bits per heavy atom. The minimum absolute atomic E-state index is 0.0277. The van der Waals surface area contributed by atoms with Gasteiger partial charge in [0.25, 0.3) is 5.78 Å². The van der Waals surface area contributed by atoms with Gasteiger partial charge in [-0.05, 0) is 60.7 Å². The summed E-state index contributed by atoms with van der Waals surface area (Å²) in [6.07, 6.45) is 1.41. The molecule has 7 nitrogen and oxygen atoms in total. The van der Waals surface area contributed by atoms with Crippen LogP contribution in [0.25, 0.3) is 0 Å². The third kappa shape index (κ3) is 3.16. The van der Waals surface area contributed by atoms with Crippen molar-refractivity contribution in [3.8, 4) is 23.0 Å². The van der Waals surface area contributed by atoms with Crippen LogP contribution in [0.4, 0.5) is 0 Å². The number of hydrogen-bond donors (Lipinski definition) is 2. The molecule has 4 rings (SSSR count). The number of phenolic OH excluding ortho intramolecular Hbond substituents is 2. The fourth-order valence-electron chi connectivity index (χ4n) is 2.66. The van der Waals surface area contributed by atoms with E-state index in [-0.39, 0.29) is 45.8 Å². The van der Waals surface area contributed by atoms with Crippen molar-refractivity contribution in [3.63, 3.8) is 0 Å². The van der Waals surface area contributed by atoms with Crippen LogP contribution >= 0.6 is 0 Å². The van der Waals surface area contributed by atoms with Crippen LogP contribution in [-0.4, -0.2) is 26.8 Å². The Kier molecular flexibility index (Phi) is 4.25. The molecule has 3 aromatic rings. The molecular weight excluding hydrogens is 362 g/mol. The highest BCUT2D eigenvalue weighted by molar-refractivity contribution is 6.24. The average molecular weight is 375 g/mol. The number of rotatable bonds is 4. The van der Waals surface area contributed by atoms with E-state index in [0.29, 0.717) is 0 Å². The zero-order valence-corrected chi connectivity index (χ0v) is 14.3. The van der Waals surface area contributed by atoms with Crippen LogP contribution in [0.3, 0.4) is 0 Å². The molecular formula is C21H13NO6. The molecule has 1 heterocycles. The summed E-state index contributed by atoms with van der Waals surface area (Å²) in [6, 6.07) is 14.4. The largest absolute Gasteiger partial charge is 0.508 e. The molecule has 0 unspecified atom stereocenters. The van der Waals surface area contributed by atoms with E-state index in [0.717, 1.165) is 0 Å². The molecule has 28 heavy (non-hydrogen) atoms. The van der Waals surface area contributed by atoms with Gasteiger partial charge in [0.2, 0.25) is 17.3 Å². The maximum Gasteiger partial charge on any atom is 0.251 e. The Bertz CT molecular complexity index is 1010. The van der Waals surface area contributed by atoms with E-state index in [9.17, 15) is 19.8 Å². The predicted octanol–water partition coefficient (Wildman–Crippen LogP) is 3.24. The lowest BCUT2D eigenvalue weighted by molar-refractivity contribution is 0.0893. The van der Waals surface area contributed by atoms with Gasteiger partial charge in [0.05, 0.1) is 5.56 Å². The molecule has 0 spiro atoms. The molecule has 138 valence electrons. The highest BCUT2D eigenvalue weighted by Gasteiger charge is 2.37. The molecule has 0 radical (unpaired) electrons. The number of aromatic nitrogens is 1. The first kappa shape index (κ1) is 17.3. The molecule has 0 amide bonds. The SMILES string of the molecule is O=C1C(Oc2ccc(O)cc2)=C(Oc2ccc(O)cc2)C(=O)c2ncccc21. The number of hydrogen-bond acceptors (Lipinski definition) is 7. The number of ether oxygens (including phenoxy) is 2. The minimum Gasteiger partial charge on any atom is -0.508 e. The summed E-state index contributed by atoms with van der Waals surface area (Å²) >= 11 is 0. The van der Waals surface area contributed by atoms with Gasteiger partial charge in [-0.15, -0.1) is 0 Å². The highest BCUT2D eigenvalue weighted by atomic mass is 16.5. The highest BCUT2D eigenvalue weighted by Crippen LogP contribution is 2.30. The number of allylic oxidation sites excluding steroid dienone is 2. The summed E-state index contributed by atoms with van der Waals surface area (Å²) in [4.78, 5) is 29.9. The van der Waals surface area contributed by atoms with E-state index in [1.807, 2.05) is 0 Å². The van der Waals surface area contributed by atoms with Gasteiger partial charge in [-0.2, -0.15) is 0 Å². The molecule has 0 atom stereocenters. The summed E-state index contributed by atoms with van der Waals surface area (Å²) in [5.74, 6) is -1.21. The van der Waals surface area contributed by atoms with Crippen molar-refractivity contribution in [2.75, 3.05) is 0 Å². The number of ketones is 2. The van der Waals surface area contributed by atoms with E-state index in [4.69, 9.17) is 9.47 Å². The van der Waals surface area contributed by atoms with Crippen LogP contribution in [-0.2, 0) is 0 Å². The van der Waals surface area contributed by atoms with E-state index in [1.165, 1.54) is 60.8 Å². The quantitative estimate of drug-likeness (QED) is 0.721. The zero-order chi connectivity index (χ0) is 19.7. The number of carbonyl (C=O) groups is 2. The Morgan fingerprint density at radius 3 is 1.71 bits per heavy atom. The molecule has 1 aliphatic rings. The van der Waals surface area contributed by atoms with Gasteiger partial charge in [0.15, 0.2) is 0 Å². The monoisotopic (exact) mass is 375 g/mol. The summed E-state index contributed by atoms with van der Waals surface area (Å²) in [7, 11) is 0. The maximum absolute atomic E-state index is 12.9. The van der Waals surface area contributed by atoms with Crippen LogP contribution in [0.5, 0.6) is 23.0 Å². The average Bonchev–Trinajstić information content (AvgIpc) is 2.71. The second kappa shape index (κ2) is 6.88. The van der Waals surface area contributed by atoms with E-state index < -0.39 is 11.6 Å². The van der Waals surface area contributed by atoms with Gasteiger partial charge >= 0.3 is 0 Å². The number of benzene rings is 2. The second-order valence-corrected chi connectivity index (χ2v) is 5.91. The van der Waals surface area contributed by atoms with Gasteiger partial charge in [-0.1, -0.05) is 0 Å². The van der Waals surface area contributed by atoms with Crippen LogP contribution < -0.4 is 9.47 Å². The first-order chi connectivity index (χ1) is 13.5. The molecule has 0 fully saturated rings. The number of pyridine rings is 1. The molecule has 0 saturated carbocycles. The smallest absolute Gasteiger partial charge is 0.251 e. The third-order valence-corrected chi connectivity index (χ3v) is 4.00. The number of fused-ring (bicyclic) bond motifs is 1. The van der Waals surface area contributed by atoms with Crippen LogP contribution in [0.1, 0.15) is 20.8 Å². The van der Waals surface area contributed by atoms with Crippen LogP contribution in [0.2, 0.25) is 0 Å². The molecule has 0 bridgehead atoms. The molecule has 2 aromatic carbocycles. The van der Waals surface area contributed by atoms with Gasteiger partial charge < -0.3 is 19.7 Å². The lowest BCUT2D eigenvalue weighted by atomic mass is 9.96. The van der Waals surface area contributed by atoms with E-state index in [2.05, 4.69) is 4.98 Å². The molecule has 2 N–H and O–H groups in total. The molecule has 1 aromatic heterocycles. The normalized spacial score (nSPS) is 13.3. The van der Waals surface area contributed by atoms with Crippen molar-refractivity contribution in [1.29, 1.82) is 0 Å². The van der Waals surface area contributed by atoms with Crippen LogP contribution in [0, 0.1) is 0 Å². The van der Waals surface area contributed by atoms with Crippen molar-refractivity contribution in [1.82, 2.24) is 4.98 Å². The van der Waals surface area contributed by atoms with Gasteiger partial charge in [0, 0.05) is 6.20 Å². The third-order valence-electron chi connectivity index (χ3n) is 4.00. The minimum atomic E-state index is -0.600. The molecule has 7 heteroatoms. The number of Topliss-reactive ketones (excluding diaryl/α,β-unsaturated/α-hetero) is 2. The topological polar surface area (TPSA) is 106 Å². The Labute approximate surface area is 159 Å². The van der Waals surface area contributed by atoms with E-state index in [1.54, 1.807) is 6.07 Å². The van der Waals surface area contributed by atoms with Gasteiger partial charge in [-0.25, -0.2) is 0 Å². The first-order valence-corrected chi connectivity index (χ1v) is 8.25. The number of phenols is 2. The summed E-state index contributed by atoms with van der Waals surface area (Å²) in [5, 5.41) is 18.8. The predicted molar refractivity (Wildman–Crippen MR) is 97.4 cm³/mol. The van der Waals surface area contributed by atoms with Gasteiger partial charge in [0.1, 0.15) is 28.7 Å². The molecule has 0 aliphatic heterocycles. The van der Waals surface area contributed by atoms with Crippen molar-refractivity contribution < 1.29 is 29.3 Å². The van der Waals surface area contributed by atoms with Gasteiger partial charge in [-0.3, -0.25) is 14.6 Å². The van der Waals surface area contributed by atoms with Crippen molar-refractivity contribution in [3.05, 3.63) is 89.6 Å². The maximum atomic E-state index is 12.9. The zero-order valence-electron chi connectivity index (χ0n) is 14.3. The summed E-state index contributed by atoms with van der Waals surface area (Å²) < 4.78 is 11.3. The number of nitrogens with zero attached hydrogens (tertiary/aromatic N) is 1. The second-order valence-electron chi connectivity index (χ2n) is 5.91. The fourth-order valence-corrected chi connectivity index (χ4v) is 2.66. The van der Waals surface area contributed by atoms with Crippen LogP contribution in [0.15, 0.2) is 78.4 Å². The van der Waals surface area contributed by atoms with Crippen molar-refractivity contribution in [2.24, 2.45) is 0 Å². The summed E-state index contributed by atoms with van der Waals surface area (Å²) in [6.45, 7) is 0. The van der Waals surface area contributed by atoms with Crippen molar-refractivity contribution in [2.45, 2.75) is 0 Å². The number of carbonyl (C=O) groups excluding carboxylic acids is 2. The first-order valence-electron chi connectivity index (χ1n) is 8.25. The summed E-state index contributed by atoms with van der Waals surface area (Å²) in [5.41, 5.74) is 0.0821. The lowest BCUT2D eigenvalue weighted by Crippen LogP contribution is -2.28. The Hall–Kier alpha value is -4.13. The standard InChI is InChI=1S/C21H13NO6/c23-12-3-7-14(8-4-12)27-20-18(25)16-2-1-11-22-17(16)19(26)21(20)28-15-9-5-13(24)6-10-15/h1-11,23-24H. The molecule has 0 saturated heterocycles. The lowest BCUT2D eigenvalue weighted by Gasteiger charge is -2.20. The van der Waals surface area contributed by atoms with E-state index >= 15 is 0 Å². The number of aromatic hydroxyl groups is 2. The Balaban J connectivity index is 1.80. The molecule has 1 aliphatic carbocycles. The van der Waals surface area contributed by atoms with Crippen molar-refractivity contribution >= 4 is 11.6 Å². The Morgan fingerprint density at radius 2 is 1.18 bits per heavy atom. The fraction of sp³-hybridized carbons (Fsp3) is 0.